The molecule has 0 fully saturated rings. The molecule has 24 heavy (non-hydrogen) atoms. The van der Waals surface area contributed by atoms with Crippen molar-refractivity contribution in [2.45, 2.75) is 30.4 Å². The zero-order valence-corrected chi connectivity index (χ0v) is 14.3. The topological polar surface area (TPSA) is 90.3 Å². The van der Waals surface area contributed by atoms with Crippen LogP contribution in [0.1, 0.15) is 20.8 Å². The molecular weight excluding hydrogens is 331 g/mol. The molecule has 0 atom stereocenters. The fraction of sp³-hybridized carbons (Fsp3) is 0.250. The maximum atomic E-state index is 14.1. The maximum Gasteiger partial charge on any atom is 0.222 e. The lowest BCUT2D eigenvalue weighted by atomic mass is 10.1. The predicted molar refractivity (Wildman–Crippen MR) is 89.7 cm³/mol. The summed E-state index contributed by atoms with van der Waals surface area (Å²) in [6, 6.07) is 5.97. The first kappa shape index (κ1) is 16.4. The van der Waals surface area contributed by atoms with Crippen molar-refractivity contribution in [1.29, 1.82) is 0 Å². The predicted octanol–water partition coefficient (Wildman–Crippen LogP) is 2.69. The summed E-state index contributed by atoms with van der Waals surface area (Å²) >= 11 is 0. The second-order valence-corrected chi connectivity index (χ2v) is 9.14. The van der Waals surface area contributed by atoms with E-state index in [2.05, 4.69) is 10.1 Å². The monoisotopic (exact) mass is 348 g/mol. The summed E-state index contributed by atoms with van der Waals surface area (Å²) in [5.41, 5.74) is 6.61. The van der Waals surface area contributed by atoms with Gasteiger partial charge >= 0.3 is 0 Å². The quantitative estimate of drug-likeness (QED) is 0.719. The van der Waals surface area contributed by atoms with Gasteiger partial charge in [-0.3, -0.25) is 0 Å². The molecule has 0 aliphatic heterocycles. The van der Waals surface area contributed by atoms with Gasteiger partial charge in [0.25, 0.3) is 0 Å². The Bertz CT molecular complexity index is 1040. The Balaban J connectivity index is 2.24. The van der Waals surface area contributed by atoms with E-state index in [1.165, 1.54) is 35.0 Å². The van der Waals surface area contributed by atoms with E-state index in [0.29, 0.717) is 11.1 Å². The van der Waals surface area contributed by atoms with Gasteiger partial charge in [-0.2, -0.15) is 9.49 Å². The fourth-order valence-corrected chi connectivity index (χ4v) is 3.55. The molecule has 0 radical (unpaired) electrons. The van der Waals surface area contributed by atoms with Crippen LogP contribution < -0.4 is 5.73 Å². The molecule has 0 saturated heterocycles. The van der Waals surface area contributed by atoms with Crippen molar-refractivity contribution in [3.63, 3.8) is 0 Å². The van der Waals surface area contributed by atoms with Gasteiger partial charge in [-0.05, 0) is 45.0 Å². The van der Waals surface area contributed by atoms with Crippen LogP contribution in [0.5, 0.6) is 0 Å². The summed E-state index contributed by atoms with van der Waals surface area (Å²) in [4.78, 5) is 3.76. The number of anilines is 1. The van der Waals surface area contributed by atoms with Gasteiger partial charge in [0.1, 0.15) is 5.82 Å². The van der Waals surface area contributed by atoms with E-state index < -0.39 is 20.5 Å². The third-order valence-corrected chi connectivity index (χ3v) is 6.26. The number of nitrogens with zero attached hydrogens (tertiary/aromatic N) is 3. The molecule has 0 spiro atoms. The molecule has 6 nitrogen and oxygen atoms in total. The van der Waals surface area contributed by atoms with Gasteiger partial charge in [0.15, 0.2) is 9.84 Å². The largest absolute Gasteiger partial charge is 0.384 e. The molecule has 3 heterocycles. The highest BCUT2D eigenvalue weighted by Crippen LogP contribution is 2.30. The van der Waals surface area contributed by atoms with Gasteiger partial charge in [0.2, 0.25) is 5.95 Å². The summed E-state index contributed by atoms with van der Waals surface area (Å²) in [6.45, 7) is 4.90. The van der Waals surface area contributed by atoms with Crippen LogP contribution in [0.15, 0.2) is 41.6 Å². The fourth-order valence-electron chi connectivity index (χ4n) is 2.34. The van der Waals surface area contributed by atoms with E-state index in [4.69, 9.17) is 5.73 Å². The number of nitrogens with two attached hydrogens (primary N) is 1. The molecule has 0 unspecified atom stereocenters. The van der Waals surface area contributed by atoms with Crippen LogP contribution in [0.25, 0.3) is 16.6 Å². The van der Waals surface area contributed by atoms with Crippen molar-refractivity contribution in [3.8, 4) is 11.1 Å². The highest BCUT2D eigenvalue weighted by Gasteiger charge is 2.31. The molecule has 0 aliphatic rings. The zero-order valence-electron chi connectivity index (χ0n) is 13.5. The number of pyridine rings is 2. The second kappa shape index (κ2) is 5.27. The molecular formula is C16H17FN4O2S. The molecule has 126 valence electrons. The van der Waals surface area contributed by atoms with Crippen LogP contribution in [0, 0.1) is 5.95 Å². The number of nitrogen functional groups attached to an aromatic ring is 1. The average Bonchev–Trinajstić information content (AvgIpc) is 2.89. The van der Waals surface area contributed by atoms with Gasteiger partial charge in [-0.15, -0.1) is 0 Å². The number of hydrogen-bond acceptors (Lipinski definition) is 5. The van der Waals surface area contributed by atoms with Gasteiger partial charge in [-0.1, -0.05) is 0 Å². The first-order valence-corrected chi connectivity index (χ1v) is 8.74. The molecule has 3 rings (SSSR count). The molecule has 0 amide bonds. The minimum atomic E-state index is -3.53. The van der Waals surface area contributed by atoms with Crippen LogP contribution >= 0.6 is 0 Å². The molecule has 0 saturated carbocycles. The average molecular weight is 348 g/mol. The third kappa shape index (κ3) is 2.52. The summed E-state index contributed by atoms with van der Waals surface area (Å²) in [5.74, 6) is -0.655. The van der Waals surface area contributed by atoms with Crippen molar-refractivity contribution >= 4 is 21.2 Å². The van der Waals surface area contributed by atoms with Gasteiger partial charge in [0, 0.05) is 17.3 Å². The van der Waals surface area contributed by atoms with E-state index in [-0.39, 0.29) is 16.3 Å². The van der Waals surface area contributed by atoms with E-state index in [1.807, 2.05) is 0 Å². The Morgan fingerprint density at radius 2 is 1.88 bits per heavy atom. The molecule has 2 N–H and O–H groups in total. The van der Waals surface area contributed by atoms with Gasteiger partial charge in [0.05, 0.1) is 21.4 Å². The summed E-state index contributed by atoms with van der Waals surface area (Å²) in [6.07, 6.45) is 3.01. The van der Waals surface area contributed by atoms with Crippen molar-refractivity contribution in [2.75, 3.05) is 5.73 Å². The summed E-state index contributed by atoms with van der Waals surface area (Å²) in [7, 11) is -3.53. The van der Waals surface area contributed by atoms with Crippen molar-refractivity contribution in [3.05, 3.63) is 42.6 Å². The normalized spacial score (nSPS) is 12.7. The zero-order chi connectivity index (χ0) is 17.7. The summed E-state index contributed by atoms with van der Waals surface area (Å²) < 4.78 is 40.0. The minimum Gasteiger partial charge on any atom is -0.384 e. The van der Waals surface area contributed by atoms with Gasteiger partial charge < -0.3 is 5.73 Å². The van der Waals surface area contributed by atoms with Crippen molar-refractivity contribution in [2.24, 2.45) is 0 Å². The van der Waals surface area contributed by atoms with Crippen molar-refractivity contribution < 1.29 is 12.8 Å². The van der Waals surface area contributed by atoms with E-state index in [0.717, 1.165) is 0 Å². The Labute approximate surface area is 139 Å². The number of fused-ring (bicyclic) bond motifs is 1. The molecule has 3 aromatic heterocycles. The Kier molecular flexibility index (Phi) is 3.60. The molecule has 0 aliphatic carbocycles. The number of hydrogen-bond donors (Lipinski definition) is 1. The van der Waals surface area contributed by atoms with Crippen LogP contribution in [0.4, 0.5) is 10.2 Å². The number of halogens is 1. The van der Waals surface area contributed by atoms with Crippen LogP contribution in [0.2, 0.25) is 0 Å². The highest BCUT2D eigenvalue weighted by atomic mass is 32.2. The van der Waals surface area contributed by atoms with E-state index in [1.54, 1.807) is 27.0 Å². The lowest BCUT2D eigenvalue weighted by Gasteiger charge is -2.19. The first-order chi connectivity index (χ1) is 11.1. The molecule has 3 aromatic rings. The smallest absolute Gasteiger partial charge is 0.222 e. The SMILES string of the molecule is CC(C)(C)S(=O)(=O)c1ccn2ncc(-c3ccc(N)nc3F)c2c1. The first-order valence-electron chi connectivity index (χ1n) is 7.26. The molecule has 0 aromatic carbocycles. The molecule has 0 bridgehead atoms. The van der Waals surface area contributed by atoms with Crippen LogP contribution in [0.3, 0.4) is 0 Å². The Hall–Kier alpha value is -2.48. The van der Waals surface area contributed by atoms with Crippen molar-refractivity contribution in [1.82, 2.24) is 14.6 Å². The van der Waals surface area contributed by atoms with Crippen LogP contribution in [-0.4, -0.2) is 27.8 Å². The lowest BCUT2D eigenvalue weighted by Crippen LogP contribution is -2.27. The Morgan fingerprint density at radius 3 is 2.50 bits per heavy atom. The minimum absolute atomic E-state index is 0.0729. The highest BCUT2D eigenvalue weighted by molar-refractivity contribution is 7.92. The van der Waals surface area contributed by atoms with Gasteiger partial charge in [-0.25, -0.2) is 17.9 Å². The molecule has 8 heteroatoms. The Morgan fingerprint density at radius 1 is 1.17 bits per heavy atom. The van der Waals surface area contributed by atoms with E-state index in [9.17, 15) is 12.8 Å². The number of rotatable bonds is 2. The maximum absolute atomic E-state index is 14.1. The number of aromatic nitrogens is 3. The number of sulfone groups is 1. The third-order valence-electron chi connectivity index (χ3n) is 3.77. The summed E-state index contributed by atoms with van der Waals surface area (Å²) in [5, 5.41) is 4.14. The van der Waals surface area contributed by atoms with Crippen LogP contribution in [-0.2, 0) is 9.84 Å². The lowest BCUT2D eigenvalue weighted by molar-refractivity contribution is 0.560. The standard InChI is InChI=1S/C16H17FN4O2S/c1-16(2,3)24(22,23)10-6-7-21-13(8-10)12(9-19-21)11-4-5-14(18)20-15(11)17/h4-9H,1-3H3,(H2,18,20). The second-order valence-electron chi connectivity index (χ2n) is 6.44. The van der Waals surface area contributed by atoms with E-state index >= 15 is 0 Å².